The third-order valence-electron chi connectivity index (χ3n) is 4.43. The first-order valence-corrected chi connectivity index (χ1v) is 8.40. The molecule has 0 unspecified atom stereocenters. The SMILES string of the molecule is Cn1ccnc1[C@@H](O)[C@@H]1CCCN(C(=O)Nc2ccccc2Cl)C1. The first-order chi connectivity index (χ1) is 11.6. The molecule has 128 valence electrons. The molecule has 1 aromatic heterocycles. The average molecular weight is 349 g/mol. The molecule has 7 heteroatoms. The van der Waals surface area contributed by atoms with Gasteiger partial charge in [0.15, 0.2) is 0 Å². The van der Waals surface area contributed by atoms with E-state index < -0.39 is 6.10 Å². The van der Waals surface area contributed by atoms with Crippen molar-refractivity contribution in [2.45, 2.75) is 18.9 Å². The molecule has 2 N–H and O–H groups in total. The van der Waals surface area contributed by atoms with Gasteiger partial charge in [-0.25, -0.2) is 9.78 Å². The summed E-state index contributed by atoms with van der Waals surface area (Å²) in [6.45, 7) is 1.16. The first-order valence-electron chi connectivity index (χ1n) is 8.02. The Labute approximate surface area is 146 Å². The number of piperidine rings is 1. The predicted molar refractivity (Wildman–Crippen MR) is 92.9 cm³/mol. The third kappa shape index (κ3) is 3.55. The third-order valence-corrected chi connectivity index (χ3v) is 4.76. The maximum absolute atomic E-state index is 12.5. The highest BCUT2D eigenvalue weighted by Crippen LogP contribution is 2.29. The zero-order chi connectivity index (χ0) is 17.1. The molecule has 24 heavy (non-hydrogen) atoms. The van der Waals surface area contributed by atoms with E-state index in [1.54, 1.807) is 23.2 Å². The maximum atomic E-state index is 12.5. The number of amides is 2. The highest BCUT2D eigenvalue weighted by atomic mass is 35.5. The summed E-state index contributed by atoms with van der Waals surface area (Å²) in [5, 5.41) is 13.9. The number of aryl methyl sites for hydroxylation is 1. The van der Waals surface area contributed by atoms with Gasteiger partial charge in [0.1, 0.15) is 11.9 Å². The van der Waals surface area contributed by atoms with Crippen LogP contribution in [0.25, 0.3) is 0 Å². The fraction of sp³-hybridized carbons (Fsp3) is 0.412. The number of aromatic nitrogens is 2. The standard InChI is InChI=1S/C17H21ClN4O2/c1-21-10-8-19-16(21)15(23)12-5-4-9-22(11-12)17(24)20-14-7-3-2-6-13(14)18/h2-3,6-8,10,12,15,23H,4-5,9,11H2,1H3,(H,20,24)/t12-,15+/m1/s1. The van der Waals surface area contributed by atoms with E-state index in [1.807, 2.05) is 29.9 Å². The fourth-order valence-corrected chi connectivity index (χ4v) is 3.26. The summed E-state index contributed by atoms with van der Waals surface area (Å²) in [6, 6.07) is 6.95. The van der Waals surface area contributed by atoms with Gasteiger partial charge in [0, 0.05) is 38.4 Å². The number of urea groups is 1. The summed E-state index contributed by atoms with van der Waals surface area (Å²) < 4.78 is 1.81. The summed E-state index contributed by atoms with van der Waals surface area (Å²) in [4.78, 5) is 18.4. The van der Waals surface area contributed by atoms with Gasteiger partial charge in [0.25, 0.3) is 0 Å². The maximum Gasteiger partial charge on any atom is 0.321 e. The quantitative estimate of drug-likeness (QED) is 0.895. The van der Waals surface area contributed by atoms with Gasteiger partial charge in [-0.15, -0.1) is 0 Å². The highest BCUT2D eigenvalue weighted by Gasteiger charge is 2.31. The van der Waals surface area contributed by atoms with Crippen LogP contribution in [0.2, 0.25) is 5.02 Å². The van der Waals surface area contributed by atoms with Crippen molar-refractivity contribution in [1.29, 1.82) is 0 Å². The molecule has 1 fully saturated rings. The average Bonchev–Trinajstić information content (AvgIpc) is 3.02. The number of carbonyl (C=O) groups is 1. The topological polar surface area (TPSA) is 70.4 Å². The van der Waals surface area contributed by atoms with Gasteiger partial charge in [-0.05, 0) is 25.0 Å². The van der Waals surface area contributed by atoms with E-state index in [4.69, 9.17) is 11.6 Å². The number of benzene rings is 1. The number of hydrogen-bond acceptors (Lipinski definition) is 3. The molecule has 2 atom stereocenters. The lowest BCUT2D eigenvalue weighted by Crippen LogP contribution is -2.44. The lowest BCUT2D eigenvalue weighted by atomic mass is 9.92. The summed E-state index contributed by atoms with van der Waals surface area (Å²) in [5.41, 5.74) is 0.593. The number of likely N-dealkylation sites (tertiary alicyclic amines) is 1. The van der Waals surface area contributed by atoms with Crippen LogP contribution in [0.1, 0.15) is 24.8 Å². The number of nitrogens with one attached hydrogen (secondary N) is 1. The van der Waals surface area contributed by atoms with Gasteiger partial charge >= 0.3 is 6.03 Å². The molecule has 3 rings (SSSR count). The summed E-state index contributed by atoms with van der Waals surface area (Å²) in [5.74, 6) is 0.602. The number of anilines is 1. The van der Waals surface area contributed by atoms with Crippen LogP contribution in [0.3, 0.4) is 0 Å². The van der Waals surface area contributed by atoms with Crippen LogP contribution < -0.4 is 5.32 Å². The Morgan fingerprint density at radius 3 is 2.96 bits per heavy atom. The minimum absolute atomic E-state index is 0.0307. The van der Waals surface area contributed by atoms with Crippen LogP contribution in [0.15, 0.2) is 36.7 Å². The number of para-hydroxylation sites is 1. The molecule has 2 amide bonds. The van der Waals surface area contributed by atoms with E-state index in [0.717, 1.165) is 12.8 Å². The number of rotatable bonds is 3. The van der Waals surface area contributed by atoms with Gasteiger partial charge in [0.2, 0.25) is 0 Å². The molecule has 0 bridgehead atoms. The molecule has 1 aliphatic heterocycles. The molecule has 6 nitrogen and oxygen atoms in total. The van der Waals surface area contributed by atoms with Crippen molar-refractivity contribution < 1.29 is 9.90 Å². The molecule has 1 aromatic carbocycles. The minimum Gasteiger partial charge on any atom is -0.385 e. The van der Waals surface area contributed by atoms with E-state index in [1.165, 1.54) is 0 Å². The molecule has 1 aliphatic rings. The Morgan fingerprint density at radius 2 is 2.25 bits per heavy atom. The van der Waals surface area contributed by atoms with Gasteiger partial charge in [-0.1, -0.05) is 23.7 Å². The van der Waals surface area contributed by atoms with Gasteiger partial charge < -0.3 is 19.9 Å². The number of carbonyl (C=O) groups excluding carboxylic acids is 1. The van der Waals surface area contributed by atoms with Crippen LogP contribution >= 0.6 is 11.6 Å². The van der Waals surface area contributed by atoms with Crippen molar-refractivity contribution in [1.82, 2.24) is 14.5 Å². The van der Waals surface area contributed by atoms with Crippen molar-refractivity contribution in [3.05, 3.63) is 47.5 Å². The summed E-state index contributed by atoms with van der Waals surface area (Å²) in [7, 11) is 1.86. The Hall–Kier alpha value is -2.05. The molecule has 0 saturated carbocycles. The Morgan fingerprint density at radius 1 is 1.46 bits per heavy atom. The molecule has 0 radical (unpaired) electrons. The molecule has 0 aliphatic carbocycles. The lowest BCUT2D eigenvalue weighted by Gasteiger charge is -2.34. The van der Waals surface area contributed by atoms with Gasteiger partial charge in [-0.2, -0.15) is 0 Å². The second-order valence-corrected chi connectivity index (χ2v) is 6.51. The Kier molecular flexibility index (Phi) is 5.06. The number of halogens is 1. The van der Waals surface area contributed by atoms with E-state index in [2.05, 4.69) is 10.3 Å². The second-order valence-electron chi connectivity index (χ2n) is 6.10. The number of aliphatic hydroxyl groups is 1. The lowest BCUT2D eigenvalue weighted by molar-refractivity contribution is 0.0552. The molecule has 1 saturated heterocycles. The normalized spacial score (nSPS) is 19.1. The van der Waals surface area contributed by atoms with E-state index >= 15 is 0 Å². The van der Waals surface area contributed by atoms with Crippen LogP contribution in [0.5, 0.6) is 0 Å². The Bertz CT molecular complexity index is 718. The van der Waals surface area contributed by atoms with Crippen molar-refractivity contribution in [3.63, 3.8) is 0 Å². The van der Waals surface area contributed by atoms with Crippen LogP contribution in [0, 0.1) is 5.92 Å². The largest absolute Gasteiger partial charge is 0.385 e. The molecule has 2 aromatic rings. The number of nitrogens with zero attached hydrogens (tertiary/aromatic N) is 3. The highest BCUT2D eigenvalue weighted by molar-refractivity contribution is 6.33. The Balaban J connectivity index is 1.66. The van der Waals surface area contributed by atoms with Crippen LogP contribution in [-0.4, -0.2) is 38.7 Å². The van der Waals surface area contributed by atoms with Crippen LogP contribution in [-0.2, 0) is 7.05 Å². The molecular weight excluding hydrogens is 328 g/mol. The monoisotopic (exact) mass is 348 g/mol. The molecular formula is C17H21ClN4O2. The molecule has 0 spiro atoms. The van der Waals surface area contributed by atoms with Crippen LogP contribution in [0.4, 0.5) is 10.5 Å². The van der Waals surface area contributed by atoms with E-state index in [9.17, 15) is 9.90 Å². The smallest absolute Gasteiger partial charge is 0.321 e. The summed E-state index contributed by atoms with van der Waals surface area (Å²) >= 11 is 6.09. The van der Waals surface area contributed by atoms with Crippen molar-refractivity contribution in [2.75, 3.05) is 18.4 Å². The zero-order valence-electron chi connectivity index (χ0n) is 13.5. The van der Waals surface area contributed by atoms with Crippen molar-refractivity contribution in [2.24, 2.45) is 13.0 Å². The summed E-state index contributed by atoms with van der Waals surface area (Å²) in [6.07, 6.45) is 4.51. The predicted octanol–water partition coefficient (Wildman–Crippen LogP) is 3.05. The zero-order valence-corrected chi connectivity index (χ0v) is 14.3. The fourth-order valence-electron chi connectivity index (χ4n) is 3.08. The minimum atomic E-state index is -0.680. The van der Waals surface area contributed by atoms with E-state index in [-0.39, 0.29) is 11.9 Å². The molecule has 2 heterocycles. The van der Waals surface area contributed by atoms with Gasteiger partial charge in [-0.3, -0.25) is 0 Å². The second kappa shape index (κ2) is 7.23. The first kappa shape index (κ1) is 16.8. The van der Waals surface area contributed by atoms with Crippen molar-refractivity contribution >= 4 is 23.3 Å². The van der Waals surface area contributed by atoms with Crippen molar-refractivity contribution in [3.8, 4) is 0 Å². The van der Waals surface area contributed by atoms with Gasteiger partial charge in [0.05, 0.1) is 10.7 Å². The number of aliphatic hydroxyl groups excluding tert-OH is 1. The number of hydrogen-bond donors (Lipinski definition) is 2. The number of imidazole rings is 1. The van der Waals surface area contributed by atoms with E-state index in [0.29, 0.717) is 29.6 Å².